The Morgan fingerprint density at radius 1 is 1.12 bits per heavy atom. The molecule has 3 aromatic rings. The number of nitrogens with zero attached hydrogens (tertiary/aromatic N) is 1. The van der Waals surface area contributed by atoms with E-state index in [1.54, 1.807) is 6.07 Å². The number of esters is 1. The summed E-state index contributed by atoms with van der Waals surface area (Å²) < 4.78 is 36.1. The molecule has 2 heterocycles. The van der Waals surface area contributed by atoms with Gasteiger partial charge in [0, 0.05) is 35.8 Å². The number of carbonyl (C=O) groups is 2. The minimum absolute atomic E-state index is 0.110. The van der Waals surface area contributed by atoms with Crippen LogP contribution in [0.4, 0.5) is 5.69 Å². The van der Waals surface area contributed by atoms with Crippen molar-refractivity contribution in [2.75, 3.05) is 26.0 Å². The predicted molar refractivity (Wildman–Crippen MR) is 120 cm³/mol. The van der Waals surface area contributed by atoms with Crippen LogP contribution in [0.1, 0.15) is 15.2 Å². The van der Waals surface area contributed by atoms with Crippen LogP contribution in [0, 0.1) is 0 Å². The van der Waals surface area contributed by atoms with Gasteiger partial charge in [-0.3, -0.25) is 4.79 Å². The van der Waals surface area contributed by atoms with Crippen LogP contribution in [0.15, 0.2) is 59.5 Å². The van der Waals surface area contributed by atoms with Gasteiger partial charge >= 0.3 is 5.97 Å². The number of anilines is 1. The van der Waals surface area contributed by atoms with Crippen LogP contribution in [-0.4, -0.2) is 45.3 Å². The van der Waals surface area contributed by atoms with Crippen LogP contribution in [0.3, 0.4) is 0 Å². The summed E-state index contributed by atoms with van der Waals surface area (Å²) in [6, 6.07) is 15.1. The number of para-hydroxylation sites is 1. The molecule has 0 spiro atoms. The van der Waals surface area contributed by atoms with Crippen molar-refractivity contribution in [1.82, 2.24) is 4.31 Å². The number of hydrogen-bond acceptors (Lipinski definition) is 7. The molecule has 0 fully saturated rings. The highest BCUT2D eigenvalue weighted by atomic mass is 32.2. The molecule has 0 radical (unpaired) electrons. The summed E-state index contributed by atoms with van der Waals surface area (Å²) in [4.78, 5) is 26.1. The number of carbonyl (C=O) groups excluding carboxylic acids is 2. The van der Waals surface area contributed by atoms with Crippen LogP contribution >= 0.6 is 11.3 Å². The van der Waals surface area contributed by atoms with E-state index in [-0.39, 0.29) is 4.90 Å². The second kappa shape index (κ2) is 8.73. The number of amides is 1. The third-order valence-electron chi connectivity index (χ3n) is 4.78. The van der Waals surface area contributed by atoms with Crippen molar-refractivity contribution in [3.8, 4) is 16.2 Å². The third-order valence-corrected chi connectivity index (χ3v) is 7.80. The van der Waals surface area contributed by atoms with Gasteiger partial charge in [-0.05, 0) is 42.5 Å². The van der Waals surface area contributed by atoms with E-state index in [1.165, 1.54) is 49.7 Å². The highest BCUT2D eigenvalue weighted by Gasteiger charge is 2.23. The number of benzene rings is 2. The molecule has 1 amide bonds. The van der Waals surface area contributed by atoms with E-state index in [2.05, 4.69) is 5.32 Å². The number of thiophene rings is 1. The summed E-state index contributed by atoms with van der Waals surface area (Å²) in [6.45, 7) is -0.0949. The molecule has 1 aliphatic heterocycles. The van der Waals surface area contributed by atoms with E-state index in [4.69, 9.17) is 9.47 Å². The largest absolute Gasteiger partial charge is 0.488 e. The standard InChI is InChI=1S/C22H20N2O6S2/c1-24(2)32(27,28)16-9-7-15(8-10-16)23-20(25)13-30-22(26)19-11-14-12-29-18-6-4-3-5-17(18)21(14)31-19/h3-11H,12-13H2,1-2H3,(H,23,25). The Balaban J connectivity index is 1.36. The van der Waals surface area contributed by atoms with E-state index in [1.807, 2.05) is 24.3 Å². The lowest BCUT2D eigenvalue weighted by atomic mass is 10.1. The molecule has 1 N–H and O–H groups in total. The van der Waals surface area contributed by atoms with Gasteiger partial charge < -0.3 is 14.8 Å². The van der Waals surface area contributed by atoms with E-state index >= 15 is 0 Å². The average Bonchev–Trinajstić information content (AvgIpc) is 3.23. The molecule has 1 aromatic heterocycles. The fourth-order valence-corrected chi connectivity index (χ4v) is 5.11. The minimum Gasteiger partial charge on any atom is -0.488 e. The smallest absolute Gasteiger partial charge is 0.348 e. The zero-order valence-corrected chi connectivity index (χ0v) is 19.0. The Bertz CT molecular complexity index is 1280. The van der Waals surface area contributed by atoms with Gasteiger partial charge in [0.2, 0.25) is 10.0 Å². The van der Waals surface area contributed by atoms with Crippen LogP contribution in [0.25, 0.3) is 10.4 Å². The molecule has 0 saturated carbocycles. The monoisotopic (exact) mass is 472 g/mol. The van der Waals surface area contributed by atoms with Crippen molar-refractivity contribution in [2.24, 2.45) is 0 Å². The average molecular weight is 473 g/mol. The lowest BCUT2D eigenvalue weighted by Crippen LogP contribution is -2.22. The molecule has 10 heteroatoms. The van der Waals surface area contributed by atoms with Crippen molar-refractivity contribution in [3.05, 3.63) is 65.0 Å². The number of sulfonamides is 1. The number of ether oxygens (including phenoxy) is 2. The predicted octanol–water partition coefficient (Wildman–Crippen LogP) is 3.35. The zero-order valence-electron chi connectivity index (χ0n) is 17.3. The molecule has 8 nitrogen and oxygen atoms in total. The molecule has 0 unspecified atom stereocenters. The highest BCUT2D eigenvalue weighted by Crippen LogP contribution is 2.42. The van der Waals surface area contributed by atoms with Gasteiger partial charge in [-0.25, -0.2) is 17.5 Å². The van der Waals surface area contributed by atoms with Gasteiger partial charge in [0.15, 0.2) is 6.61 Å². The van der Waals surface area contributed by atoms with Crippen molar-refractivity contribution in [2.45, 2.75) is 11.5 Å². The van der Waals surface area contributed by atoms with E-state index in [0.717, 1.165) is 26.1 Å². The first-order chi connectivity index (χ1) is 15.3. The minimum atomic E-state index is -3.55. The second-order valence-electron chi connectivity index (χ2n) is 7.19. The quantitative estimate of drug-likeness (QED) is 0.552. The molecule has 1 aliphatic rings. The van der Waals surface area contributed by atoms with Gasteiger partial charge in [0.05, 0.1) is 4.90 Å². The number of nitrogens with one attached hydrogen (secondary N) is 1. The third kappa shape index (κ3) is 4.38. The first-order valence-electron chi connectivity index (χ1n) is 9.60. The maximum Gasteiger partial charge on any atom is 0.348 e. The summed E-state index contributed by atoms with van der Waals surface area (Å²) in [6.07, 6.45) is 0. The van der Waals surface area contributed by atoms with Gasteiger partial charge in [-0.2, -0.15) is 0 Å². The molecule has 166 valence electrons. The summed E-state index contributed by atoms with van der Waals surface area (Å²) >= 11 is 1.30. The van der Waals surface area contributed by atoms with Crippen molar-refractivity contribution in [1.29, 1.82) is 0 Å². The van der Waals surface area contributed by atoms with E-state index in [9.17, 15) is 18.0 Å². The van der Waals surface area contributed by atoms with Crippen LogP contribution in [-0.2, 0) is 26.2 Å². The van der Waals surface area contributed by atoms with Crippen molar-refractivity contribution < 1.29 is 27.5 Å². The fourth-order valence-electron chi connectivity index (χ4n) is 3.12. The number of rotatable bonds is 6. The Hall–Kier alpha value is -3.21. The van der Waals surface area contributed by atoms with Gasteiger partial charge in [-0.1, -0.05) is 12.1 Å². The molecular weight excluding hydrogens is 452 g/mol. The number of hydrogen-bond donors (Lipinski definition) is 1. The molecule has 4 rings (SSSR count). The van der Waals surface area contributed by atoms with Crippen LogP contribution < -0.4 is 10.1 Å². The topological polar surface area (TPSA) is 102 Å². The Labute approximate surface area is 189 Å². The summed E-state index contributed by atoms with van der Waals surface area (Å²) in [7, 11) is -0.672. The van der Waals surface area contributed by atoms with E-state index in [0.29, 0.717) is 17.2 Å². The zero-order chi connectivity index (χ0) is 22.9. The van der Waals surface area contributed by atoms with Gasteiger partial charge in [0.25, 0.3) is 5.91 Å². The molecule has 2 aromatic carbocycles. The first kappa shape index (κ1) is 22.0. The lowest BCUT2D eigenvalue weighted by Gasteiger charge is -2.16. The van der Waals surface area contributed by atoms with Crippen LogP contribution in [0.2, 0.25) is 0 Å². The van der Waals surface area contributed by atoms with Crippen molar-refractivity contribution >= 4 is 38.9 Å². The SMILES string of the molecule is CN(C)S(=O)(=O)c1ccc(NC(=O)COC(=O)c2cc3c(s2)-c2ccccc2OC3)cc1. The lowest BCUT2D eigenvalue weighted by molar-refractivity contribution is -0.119. The normalized spacial score (nSPS) is 12.5. The number of fused-ring (bicyclic) bond motifs is 3. The maximum atomic E-state index is 12.4. The molecule has 0 saturated heterocycles. The Morgan fingerprint density at radius 2 is 1.84 bits per heavy atom. The fraction of sp³-hybridized carbons (Fsp3) is 0.182. The molecule has 0 atom stereocenters. The summed E-state index contributed by atoms with van der Waals surface area (Å²) in [5.41, 5.74) is 2.22. The molecular formula is C22H20N2O6S2. The second-order valence-corrected chi connectivity index (χ2v) is 10.4. The highest BCUT2D eigenvalue weighted by molar-refractivity contribution is 7.89. The Morgan fingerprint density at radius 3 is 2.56 bits per heavy atom. The molecule has 0 aliphatic carbocycles. The van der Waals surface area contributed by atoms with Gasteiger partial charge in [0.1, 0.15) is 17.2 Å². The maximum absolute atomic E-state index is 12.4. The first-order valence-corrected chi connectivity index (χ1v) is 11.9. The molecule has 0 bridgehead atoms. The Kier molecular flexibility index (Phi) is 6.00. The van der Waals surface area contributed by atoms with Crippen molar-refractivity contribution in [3.63, 3.8) is 0 Å². The summed E-state index contributed by atoms with van der Waals surface area (Å²) in [5.74, 6) is -0.355. The molecule has 32 heavy (non-hydrogen) atoms. The van der Waals surface area contributed by atoms with Crippen LogP contribution in [0.5, 0.6) is 5.75 Å². The van der Waals surface area contributed by atoms with Gasteiger partial charge in [-0.15, -0.1) is 11.3 Å². The van der Waals surface area contributed by atoms with E-state index < -0.39 is 28.5 Å². The summed E-state index contributed by atoms with van der Waals surface area (Å²) in [5, 5.41) is 2.58.